The van der Waals surface area contributed by atoms with E-state index in [0.717, 1.165) is 38.6 Å². The smallest absolute Gasteiger partial charge is 0.303 e. The first kappa shape index (κ1) is 15.3. The zero-order valence-electron chi connectivity index (χ0n) is 12.7. The first-order valence-corrected chi connectivity index (χ1v) is 7.93. The van der Waals surface area contributed by atoms with Gasteiger partial charge in [-0.15, -0.1) is 0 Å². The molecule has 0 aromatic carbocycles. The summed E-state index contributed by atoms with van der Waals surface area (Å²) in [5, 5.41) is 9.13. The molecule has 1 N–H and O–H groups in total. The van der Waals surface area contributed by atoms with E-state index in [1.165, 1.54) is 6.42 Å². The Hall–Kier alpha value is -1.06. The lowest BCUT2D eigenvalue weighted by Crippen LogP contribution is -2.46. The van der Waals surface area contributed by atoms with Crippen LogP contribution in [0.4, 0.5) is 0 Å². The van der Waals surface area contributed by atoms with Crippen LogP contribution in [0.2, 0.25) is 0 Å². The van der Waals surface area contributed by atoms with Crippen LogP contribution in [0.25, 0.3) is 0 Å². The third kappa shape index (κ3) is 3.53. The standard InChI is InChI=1S/C16H27NO3/c1-12-5-6-13(2)17(11-12)14(18)9-16(10-15(19)20)7-3-4-8-16/h12-13H,3-11H2,1-2H3,(H,19,20). The molecular weight excluding hydrogens is 254 g/mol. The van der Waals surface area contributed by atoms with Crippen LogP contribution in [-0.2, 0) is 9.59 Å². The van der Waals surface area contributed by atoms with E-state index in [4.69, 9.17) is 5.11 Å². The normalized spacial score (nSPS) is 29.4. The van der Waals surface area contributed by atoms with Gasteiger partial charge in [0.15, 0.2) is 0 Å². The highest BCUT2D eigenvalue weighted by Gasteiger charge is 2.40. The highest BCUT2D eigenvalue weighted by molar-refractivity contribution is 5.78. The SMILES string of the molecule is CC1CCC(C)N(C(=O)CC2(CC(=O)O)CCCC2)C1. The van der Waals surface area contributed by atoms with E-state index in [9.17, 15) is 9.59 Å². The maximum absolute atomic E-state index is 12.6. The van der Waals surface area contributed by atoms with Gasteiger partial charge < -0.3 is 10.0 Å². The predicted octanol–water partition coefficient (Wildman–Crippen LogP) is 3.06. The maximum Gasteiger partial charge on any atom is 0.303 e. The number of hydrogen-bond donors (Lipinski definition) is 1. The molecule has 1 aliphatic heterocycles. The highest BCUT2D eigenvalue weighted by Crippen LogP contribution is 2.44. The van der Waals surface area contributed by atoms with Gasteiger partial charge in [0.05, 0.1) is 6.42 Å². The fraction of sp³-hybridized carbons (Fsp3) is 0.875. The van der Waals surface area contributed by atoms with Crippen molar-refractivity contribution in [3.8, 4) is 0 Å². The molecule has 2 unspecified atom stereocenters. The number of rotatable bonds is 4. The van der Waals surface area contributed by atoms with E-state index in [-0.39, 0.29) is 17.7 Å². The lowest BCUT2D eigenvalue weighted by Gasteiger charge is -2.39. The zero-order valence-corrected chi connectivity index (χ0v) is 12.7. The van der Waals surface area contributed by atoms with E-state index in [1.807, 2.05) is 4.90 Å². The molecule has 4 nitrogen and oxygen atoms in total. The van der Waals surface area contributed by atoms with Gasteiger partial charge in [-0.25, -0.2) is 0 Å². The molecule has 0 spiro atoms. The minimum Gasteiger partial charge on any atom is -0.481 e. The van der Waals surface area contributed by atoms with Gasteiger partial charge >= 0.3 is 5.97 Å². The van der Waals surface area contributed by atoms with Crippen LogP contribution in [-0.4, -0.2) is 34.5 Å². The van der Waals surface area contributed by atoms with Crippen LogP contribution in [0, 0.1) is 11.3 Å². The second-order valence-corrected chi connectivity index (χ2v) is 7.03. The van der Waals surface area contributed by atoms with Gasteiger partial charge in [0, 0.05) is 19.0 Å². The molecule has 1 saturated carbocycles. The van der Waals surface area contributed by atoms with Crippen molar-refractivity contribution in [2.45, 2.75) is 71.3 Å². The van der Waals surface area contributed by atoms with Gasteiger partial charge in [0.2, 0.25) is 5.91 Å². The third-order valence-electron chi connectivity index (χ3n) is 5.15. The van der Waals surface area contributed by atoms with Crippen molar-refractivity contribution >= 4 is 11.9 Å². The summed E-state index contributed by atoms with van der Waals surface area (Å²) in [6.45, 7) is 5.14. The van der Waals surface area contributed by atoms with Gasteiger partial charge in [0.1, 0.15) is 0 Å². The quantitative estimate of drug-likeness (QED) is 0.861. The number of hydrogen-bond acceptors (Lipinski definition) is 2. The van der Waals surface area contributed by atoms with Gasteiger partial charge in [0.25, 0.3) is 0 Å². The number of amides is 1. The average Bonchev–Trinajstić information content (AvgIpc) is 2.79. The summed E-state index contributed by atoms with van der Waals surface area (Å²) in [5.41, 5.74) is -0.274. The van der Waals surface area contributed by atoms with Crippen molar-refractivity contribution < 1.29 is 14.7 Å². The lowest BCUT2D eigenvalue weighted by atomic mass is 9.78. The van der Waals surface area contributed by atoms with Gasteiger partial charge in [-0.05, 0) is 43.9 Å². The Morgan fingerprint density at radius 1 is 1.15 bits per heavy atom. The number of carbonyl (C=O) groups excluding carboxylic acids is 1. The lowest BCUT2D eigenvalue weighted by molar-refractivity contribution is -0.142. The second-order valence-electron chi connectivity index (χ2n) is 7.03. The zero-order chi connectivity index (χ0) is 14.8. The Bertz CT molecular complexity index is 374. The fourth-order valence-electron chi connectivity index (χ4n) is 3.92. The minimum absolute atomic E-state index is 0.149. The molecule has 2 fully saturated rings. The third-order valence-corrected chi connectivity index (χ3v) is 5.15. The summed E-state index contributed by atoms with van der Waals surface area (Å²) in [7, 11) is 0. The molecule has 0 aromatic heterocycles. The van der Waals surface area contributed by atoms with Crippen LogP contribution >= 0.6 is 0 Å². The molecule has 2 rings (SSSR count). The van der Waals surface area contributed by atoms with E-state index in [2.05, 4.69) is 13.8 Å². The van der Waals surface area contributed by atoms with E-state index in [1.54, 1.807) is 0 Å². The molecule has 4 heteroatoms. The minimum atomic E-state index is -0.764. The molecule has 2 aliphatic rings. The Balaban J connectivity index is 2.02. The van der Waals surface area contributed by atoms with Crippen molar-refractivity contribution in [1.29, 1.82) is 0 Å². The second kappa shape index (κ2) is 6.15. The van der Waals surface area contributed by atoms with E-state index >= 15 is 0 Å². The van der Waals surface area contributed by atoms with Gasteiger partial charge in [-0.3, -0.25) is 9.59 Å². The number of carboxylic acid groups (broad SMARTS) is 1. The van der Waals surface area contributed by atoms with Crippen LogP contribution in [0.15, 0.2) is 0 Å². The van der Waals surface area contributed by atoms with Gasteiger partial charge in [-0.2, -0.15) is 0 Å². The van der Waals surface area contributed by atoms with Crippen molar-refractivity contribution in [2.75, 3.05) is 6.54 Å². The predicted molar refractivity (Wildman–Crippen MR) is 77.3 cm³/mol. The summed E-state index contributed by atoms with van der Waals surface area (Å²) in [6.07, 6.45) is 6.74. The number of piperidine rings is 1. The summed E-state index contributed by atoms with van der Waals surface area (Å²) in [6, 6.07) is 0.307. The van der Waals surface area contributed by atoms with E-state index in [0.29, 0.717) is 18.4 Å². The molecule has 1 heterocycles. The monoisotopic (exact) mass is 281 g/mol. The fourth-order valence-corrected chi connectivity index (χ4v) is 3.92. The van der Waals surface area contributed by atoms with Crippen LogP contribution in [0.3, 0.4) is 0 Å². The first-order chi connectivity index (χ1) is 9.42. The largest absolute Gasteiger partial charge is 0.481 e. The van der Waals surface area contributed by atoms with Crippen molar-refractivity contribution in [3.63, 3.8) is 0 Å². The topological polar surface area (TPSA) is 57.6 Å². The maximum atomic E-state index is 12.6. The first-order valence-electron chi connectivity index (χ1n) is 7.93. The average molecular weight is 281 g/mol. The molecule has 1 aliphatic carbocycles. The summed E-state index contributed by atoms with van der Waals surface area (Å²) < 4.78 is 0. The number of carbonyl (C=O) groups is 2. The van der Waals surface area contributed by atoms with Gasteiger partial charge in [-0.1, -0.05) is 19.8 Å². The molecule has 1 amide bonds. The summed E-state index contributed by atoms with van der Waals surface area (Å²) in [5.74, 6) is -0.0267. The Kier molecular flexibility index (Phi) is 4.71. The Labute approximate surface area is 121 Å². The molecule has 2 atom stereocenters. The van der Waals surface area contributed by atoms with Crippen LogP contribution < -0.4 is 0 Å². The van der Waals surface area contributed by atoms with Crippen molar-refractivity contribution in [1.82, 2.24) is 4.90 Å². The van der Waals surface area contributed by atoms with Crippen LogP contribution in [0.5, 0.6) is 0 Å². The molecular formula is C16H27NO3. The molecule has 0 bridgehead atoms. The molecule has 0 aromatic rings. The number of carboxylic acids is 1. The van der Waals surface area contributed by atoms with E-state index < -0.39 is 5.97 Å². The molecule has 0 radical (unpaired) electrons. The van der Waals surface area contributed by atoms with Crippen molar-refractivity contribution in [3.05, 3.63) is 0 Å². The number of likely N-dealkylation sites (tertiary alicyclic amines) is 1. The number of aliphatic carboxylic acids is 1. The Morgan fingerprint density at radius 2 is 1.80 bits per heavy atom. The molecule has 114 valence electrons. The Morgan fingerprint density at radius 3 is 2.40 bits per heavy atom. The van der Waals surface area contributed by atoms with Crippen LogP contribution in [0.1, 0.15) is 65.2 Å². The summed E-state index contributed by atoms with van der Waals surface area (Å²) in [4.78, 5) is 25.7. The number of nitrogens with zero attached hydrogens (tertiary/aromatic N) is 1. The molecule has 20 heavy (non-hydrogen) atoms. The molecule has 1 saturated heterocycles. The summed E-state index contributed by atoms with van der Waals surface area (Å²) >= 11 is 0. The van der Waals surface area contributed by atoms with Crippen molar-refractivity contribution in [2.24, 2.45) is 11.3 Å². The highest BCUT2D eigenvalue weighted by atomic mass is 16.4.